The summed E-state index contributed by atoms with van der Waals surface area (Å²) < 4.78 is 5.03. The molecule has 0 radical (unpaired) electrons. The van der Waals surface area contributed by atoms with Gasteiger partial charge in [0.15, 0.2) is 5.82 Å². The lowest BCUT2D eigenvalue weighted by Crippen LogP contribution is -2.27. The van der Waals surface area contributed by atoms with Crippen molar-refractivity contribution in [3.8, 4) is 33.8 Å². The summed E-state index contributed by atoms with van der Waals surface area (Å²) in [6, 6.07) is 21.6. The van der Waals surface area contributed by atoms with E-state index in [1.165, 1.54) is 6.33 Å². The Balaban J connectivity index is 1.53. The van der Waals surface area contributed by atoms with Crippen LogP contribution in [-0.2, 0) is 4.74 Å². The highest BCUT2D eigenvalue weighted by molar-refractivity contribution is 6.01. The Morgan fingerprint density at radius 3 is 2.70 bits per heavy atom. The number of amides is 1. The van der Waals surface area contributed by atoms with Gasteiger partial charge in [0.05, 0.1) is 17.8 Å². The number of H-pyrrole nitrogens is 2. The number of hydrogen-bond donors (Lipinski definition) is 3. The molecule has 0 saturated carbocycles. The predicted octanol–water partition coefficient (Wildman–Crippen LogP) is 4.06. The normalized spacial score (nSPS) is 11.1. The van der Waals surface area contributed by atoms with Crippen molar-refractivity contribution in [3.63, 3.8) is 0 Å². The molecule has 0 bridgehead atoms. The van der Waals surface area contributed by atoms with Crippen molar-refractivity contribution >= 4 is 16.8 Å². The number of carbonyl (C=O) groups is 1. The van der Waals surface area contributed by atoms with Crippen molar-refractivity contribution in [2.45, 2.75) is 0 Å². The molecule has 8 heteroatoms. The van der Waals surface area contributed by atoms with Crippen LogP contribution in [0.5, 0.6) is 0 Å². The molecule has 1 amide bonds. The predicted molar refractivity (Wildman–Crippen MR) is 127 cm³/mol. The van der Waals surface area contributed by atoms with Crippen LogP contribution in [0.2, 0.25) is 0 Å². The first kappa shape index (κ1) is 20.6. The molecular formula is C25H22N6O2. The van der Waals surface area contributed by atoms with Gasteiger partial charge in [-0.25, -0.2) is 4.98 Å². The molecule has 0 saturated heterocycles. The zero-order valence-electron chi connectivity index (χ0n) is 18.0. The van der Waals surface area contributed by atoms with Crippen molar-refractivity contribution in [2.24, 2.45) is 0 Å². The van der Waals surface area contributed by atoms with Crippen LogP contribution in [-0.4, -0.2) is 51.5 Å². The molecule has 0 aliphatic rings. The van der Waals surface area contributed by atoms with Crippen LogP contribution < -0.4 is 5.32 Å². The minimum Gasteiger partial charge on any atom is -0.383 e. The number of aromatic amines is 2. The van der Waals surface area contributed by atoms with Gasteiger partial charge < -0.3 is 10.1 Å². The topological polar surface area (TPSA) is 109 Å². The third kappa shape index (κ3) is 4.11. The molecule has 0 spiro atoms. The Morgan fingerprint density at radius 2 is 1.85 bits per heavy atom. The van der Waals surface area contributed by atoms with Crippen LogP contribution >= 0.6 is 0 Å². The largest absolute Gasteiger partial charge is 0.383 e. The zero-order chi connectivity index (χ0) is 22.6. The molecule has 0 atom stereocenters. The number of methoxy groups -OCH3 is 1. The number of aromatic nitrogens is 5. The van der Waals surface area contributed by atoms with E-state index in [1.54, 1.807) is 7.11 Å². The van der Waals surface area contributed by atoms with Gasteiger partial charge in [0.1, 0.15) is 6.33 Å². The summed E-state index contributed by atoms with van der Waals surface area (Å²) in [5.41, 5.74) is 6.04. The highest BCUT2D eigenvalue weighted by Crippen LogP contribution is 2.32. The van der Waals surface area contributed by atoms with Gasteiger partial charge in [-0.3, -0.25) is 15.0 Å². The molecule has 5 rings (SSSR count). The fraction of sp³-hybridized carbons (Fsp3) is 0.120. The molecule has 0 aliphatic heterocycles. The number of fused-ring (bicyclic) bond motifs is 1. The Hall–Kier alpha value is -4.30. The minimum atomic E-state index is -0.130. The van der Waals surface area contributed by atoms with Crippen molar-refractivity contribution in [1.82, 2.24) is 30.7 Å². The molecule has 5 aromatic rings. The van der Waals surface area contributed by atoms with E-state index in [0.29, 0.717) is 24.5 Å². The quantitative estimate of drug-likeness (QED) is 0.332. The number of nitrogens with zero attached hydrogens (tertiary/aromatic N) is 3. The molecule has 0 fully saturated rings. The summed E-state index contributed by atoms with van der Waals surface area (Å²) in [4.78, 5) is 17.0. The molecule has 164 valence electrons. The van der Waals surface area contributed by atoms with E-state index in [0.717, 1.165) is 38.9 Å². The van der Waals surface area contributed by atoms with Crippen molar-refractivity contribution < 1.29 is 9.53 Å². The van der Waals surface area contributed by atoms with Gasteiger partial charge in [-0.15, -0.1) is 0 Å². The van der Waals surface area contributed by atoms with Gasteiger partial charge in [-0.05, 0) is 41.5 Å². The van der Waals surface area contributed by atoms with E-state index in [2.05, 4.69) is 36.8 Å². The molecule has 2 heterocycles. The molecule has 0 unspecified atom stereocenters. The summed E-state index contributed by atoms with van der Waals surface area (Å²) >= 11 is 0. The first-order chi connectivity index (χ1) is 16.2. The summed E-state index contributed by atoms with van der Waals surface area (Å²) in [6.07, 6.45) is 1.49. The fourth-order valence-corrected chi connectivity index (χ4v) is 3.85. The maximum Gasteiger partial charge on any atom is 0.251 e. The van der Waals surface area contributed by atoms with Gasteiger partial charge in [-0.1, -0.05) is 36.4 Å². The number of ether oxygens (including phenoxy) is 1. The van der Waals surface area contributed by atoms with Crippen LogP contribution in [0.25, 0.3) is 44.7 Å². The molecular weight excluding hydrogens is 416 g/mol. The SMILES string of the molecule is COCCNC(=O)c1ccccc1-c1cccc(-c2n[nH]c3ccc(-c4ncn[nH]4)cc23)c1. The molecule has 3 aromatic carbocycles. The van der Waals surface area contributed by atoms with Crippen molar-refractivity contribution in [3.05, 3.63) is 78.6 Å². The van der Waals surface area contributed by atoms with Crippen LogP contribution in [0.4, 0.5) is 0 Å². The van der Waals surface area contributed by atoms with Gasteiger partial charge in [0.25, 0.3) is 5.91 Å². The first-order valence-electron chi connectivity index (χ1n) is 10.6. The third-order valence-electron chi connectivity index (χ3n) is 5.46. The lowest BCUT2D eigenvalue weighted by atomic mass is 9.96. The fourth-order valence-electron chi connectivity index (χ4n) is 3.85. The molecule has 3 N–H and O–H groups in total. The van der Waals surface area contributed by atoms with Gasteiger partial charge >= 0.3 is 0 Å². The monoisotopic (exact) mass is 438 g/mol. The molecule has 0 aliphatic carbocycles. The lowest BCUT2D eigenvalue weighted by Gasteiger charge is -2.11. The summed E-state index contributed by atoms with van der Waals surface area (Å²) in [6.45, 7) is 0.919. The summed E-state index contributed by atoms with van der Waals surface area (Å²) in [7, 11) is 1.61. The van der Waals surface area contributed by atoms with E-state index < -0.39 is 0 Å². The van der Waals surface area contributed by atoms with Crippen LogP contribution in [0.1, 0.15) is 10.4 Å². The lowest BCUT2D eigenvalue weighted by molar-refractivity contribution is 0.0937. The highest BCUT2D eigenvalue weighted by Gasteiger charge is 2.15. The Labute approximate surface area is 190 Å². The molecule has 2 aromatic heterocycles. The minimum absolute atomic E-state index is 0.130. The number of rotatable bonds is 7. The van der Waals surface area contributed by atoms with Crippen LogP contribution in [0, 0.1) is 0 Å². The molecule has 8 nitrogen and oxygen atoms in total. The van der Waals surface area contributed by atoms with Crippen LogP contribution in [0.3, 0.4) is 0 Å². The van der Waals surface area contributed by atoms with Crippen LogP contribution in [0.15, 0.2) is 73.1 Å². The van der Waals surface area contributed by atoms with E-state index in [9.17, 15) is 4.79 Å². The average molecular weight is 438 g/mol. The average Bonchev–Trinajstić information content (AvgIpc) is 3.54. The van der Waals surface area contributed by atoms with E-state index in [-0.39, 0.29) is 5.91 Å². The smallest absolute Gasteiger partial charge is 0.251 e. The summed E-state index contributed by atoms with van der Waals surface area (Å²) in [5, 5.41) is 18.4. The maximum atomic E-state index is 12.8. The second-order valence-electron chi connectivity index (χ2n) is 7.54. The first-order valence-corrected chi connectivity index (χ1v) is 10.6. The highest BCUT2D eigenvalue weighted by atomic mass is 16.5. The standard InChI is InChI=1S/C25H22N6O2/c1-33-12-11-26-25(32)20-8-3-2-7-19(20)16-5-4-6-17(13-16)23-21-14-18(24-27-15-28-31-24)9-10-22(21)29-30-23/h2-10,13-15H,11-12H2,1H3,(H,26,32)(H,29,30)(H,27,28,31). The van der Waals surface area contributed by atoms with Crippen molar-refractivity contribution in [2.75, 3.05) is 20.3 Å². The Bertz CT molecular complexity index is 1410. The van der Waals surface area contributed by atoms with Gasteiger partial charge in [0.2, 0.25) is 0 Å². The number of carbonyl (C=O) groups excluding carboxylic acids is 1. The molecule has 33 heavy (non-hydrogen) atoms. The second-order valence-corrected chi connectivity index (χ2v) is 7.54. The maximum absolute atomic E-state index is 12.8. The number of hydrogen-bond acceptors (Lipinski definition) is 5. The Kier molecular flexibility index (Phi) is 5.65. The van der Waals surface area contributed by atoms with Gasteiger partial charge in [0, 0.05) is 35.7 Å². The van der Waals surface area contributed by atoms with Crippen molar-refractivity contribution in [1.29, 1.82) is 0 Å². The Morgan fingerprint density at radius 1 is 0.970 bits per heavy atom. The van der Waals surface area contributed by atoms with E-state index in [1.807, 2.05) is 60.7 Å². The van der Waals surface area contributed by atoms with E-state index in [4.69, 9.17) is 4.74 Å². The number of benzene rings is 3. The third-order valence-corrected chi connectivity index (χ3v) is 5.46. The summed E-state index contributed by atoms with van der Waals surface area (Å²) in [5.74, 6) is 0.571. The van der Waals surface area contributed by atoms with E-state index >= 15 is 0 Å². The second kappa shape index (κ2) is 9.05. The zero-order valence-corrected chi connectivity index (χ0v) is 18.0. The number of nitrogens with one attached hydrogen (secondary N) is 3. The van der Waals surface area contributed by atoms with Gasteiger partial charge in [-0.2, -0.15) is 10.2 Å².